The Morgan fingerprint density at radius 1 is 1.25 bits per heavy atom. The zero-order valence-electron chi connectivity index (χ0n) is 8.84. The molecule has 3 nitrogen and oxygen atoms in total. The molecule has 0 saturated heterocycles. The molecule has 0 bridgehead atoms. The number of methoxy groups -OCH3 is 2. The SMILES string of the molecule is COc1ccc(C(N)C(F)F)c(OC)c1Br. The maximum absolute atomic E-state index is 12.5. The zero-order chi connectivity index (χ0) is 12.3. The molecule has 0 saturated carbocycles. The molecule has 90 valence electrons. The minimum Gasteiger partial charge on any atom is -0.495 e. The van der Waals surface area contributed by atoms with Gasteiger partial charge in [-0.25, -0.2) is 8.78 Å². The lowest BCUT2D eigenvalue weighted by Crippen LogP contribution is -2.19. The van der Waals surface area contributed by atoms with E-state index in [0.717, 1.165) is 0 Å². The highest BCUT2D eigenvalue weighted by molar-refractivity contribution is 9.10. The monoisotopic (exact) mass is 295 g/mol. The Kier molecular flexibility index (Phi) is 4.49. The van der Waals surface area contributed by atoms with Gasteiger partial charge in [0.2, 0.25) is 0 Å². The van der Waals surface area contributed by atoms with Crippen LogP contribution in [0.4, 0.5) is 8.78 Å². The third kappa shape index (κ3) is 2.44. The van der Waals surface area contributed by atoms with E-state index >= 15 is 0 Å². The van der Waals surface area contributed by atoms with Crippen LogP contribution in [0.1, 0.15) is 11.6 Å². The Morgan fingerprint density at radius 2 is 1.88 bits per heavy atom. The van der Waals surface area contributed by atoms with Crippen molar-refractivity contribution in [3.63, 3.8) is 0 Å². The highest BCUT2D eigenvalue weighted by atomic mass is 79.9. The molecule has 0 heterocycles. The number of benzene rings is 1. The summed E-state index contributed by atoms with van der Waals surface area (Å²) < 4.78 is 35.6. The first-order valence-corrected chi connectivity index (χ1v) is 5.26. The Balaban J connectivity index is 3.25. The van der Waals surface area contributed by atoms with E-state index in [-0.39, 0.29) is 11.3 Å². The second kappa shape index (κ2) is 5.45. The van der Waals surface area contributed by atoms with Gasteiger partial charge in [0.1, 0.15) is 16.0 Å². The fraction of sp³-hybridized carbons (Fsp3) is 0.400. The summed E-state index contributed by atoms with van der Waals surface area (Å²) in [5, 5.41) is 0. The molecule has 1 unspecified atom stereocenters. The molecule has 1 atom stereocenters. The number of halogens is 3. The molecule has 16 heavy (non-hydrogen) atoms. The van der Waals surface area contributed by atoms with Crippen LogP contribution in [-0.4, -0.2) is 20.6 Å². The van der Waals surface area contributed by atoms with Gasteiger partial charge < -0.3 is 15.2 Å². The van der Waals surface area contributed by atoms with Crippen LogP contribution in [0.25, 0.3) is 0 Å². The van der Waals surface area contributed by atoms with Crippen LogP contribution in [0.15, 0.2) is 16.6 Å². The molecular formula is C10H12BrF2NO2. The summed E-state index contributed by atoms with van der Waals surface area (Å²) in [5.41, 5.74) is 5.62. The summed E-state index contributed by atoms with van der Waals surface area (Å²) in [5.74, 6) is 0.772. The highest BCUT2D eigenvalue weighted by Gasteiger charge is 2.24. The van der Waals surface area contributed by atoms with E-state index in [9.17, 15) is 8.78 Å². The molecule has 0 aromatic heterocycles. The van der Waals surface area contributed by atoms with Crippen LogP contribution in [0.5, 0.6) is 11.5 Å². The third-order valence-electron chi connectivity index (χ3n) is 2.15. The van der Waals surface area contributed by atoms with Crippen molar-refractivity contribution in [2.75, 3.05) is 14.2 Å². The maximum Gasteiger partial charge on any atom is 0.257 e. The van der Waals surface area contributed by atoms with Crippen molar-refractivity contribution in [2.45, 2.75) is 12.5 Å². The molecule has 0 amide bonds. The van der Waals surface area contributed by atoms with E-state index in [2.05, 4.69) is 15.9 Å². The van der Waals surface area contributed by atoms with Crippen LogP contribution in [0.2, 0.25) is 0 Å². The van der Waals surface area contributed by atoms with E-state index in [1.165, 1.54) is 20.3 Å². The number of ether oxygens (including phenoxy) is 2. The van der Waals surface area contributed by atoms with Gasteiger partial charge in [-0.15, -0.1) is 0 Å². The van der Waals surface area contributed by atoms with Crippen molar-refractivity contribution in [3.8, 4) is 11.5 Å². The van der Waals surface area contributed by atoms with Gasteiger partial charge in [-0.1, -0.05) is 0 Å². The normalized spacial score (nSPS) is 12.7. The molecule has 1 aromatic rings. The van der Waals surface area contributed by atoms with Gasteiger partial charge in [0.05, 0.1) is 20.3 Å². The first-order valence-electron chi connectivity index (χ1n) is 4.47. The van der Waals surface area contributed by atoms with Crippen LogP contribution >= 0.6 is 15.9 Å². The van der Waals surface area contributed by atoms with Gasteiger partial charge in [-0.2, -0.15) is 0 Å². The summed E-state index contributed by atoms with van der Waals surface area (Å²) in [4.78, 5) is 0. The van der Waals surface area contributed by atoms with E-state index < -0.39 is 12.5 Å². The Labute approximate surface area is 101 Å². The molecule has 0 aliphatic heterocycles. The molecule has 0 aliphatic rings. The number of rotatable bonds is 4. The molecule has 0 aliphatic carbocycles. The summed E-state index contributed by atoms with van der Waals surface area (Å²) in [6, 6.07) is 1.65. The van der Waals surface area contributed by atoms with Crippen molar-refractivity contribution >= 4 is 15.9 Å². The average Bonchev–Trinajstić information content (AvgIpc) is 2.27. The lowest BCUT2D eigenvalue weighted by molar-refractivity contribution is 0.115. The lowest BCUT2D eigenvalue weighted by atomic mass is 10.1. The van der Waals surface area contributed by atoms with Gasteiger partial charge in [0.25, 0.3) is 6.43 Å². The standard InChI is InChI=1S/C10H12BrF2NO2/c1-15-6-4-3-5(8(14)10(12)13)9(16-2)7(6)11/h3-4,8,10H,14H2,1-2H3. The molecular weight excluding hydrogens is 284 g/mol. The van der Waals surface area contributed by atoms with E-state index in [1.807, 2.05) is 0 Å². The fourth-order valence-electron chi connectivity index (χ4n) is 1.32. The minimum absolute atomic E-state index is 0.241. The van der Waals surface area contributed by atoms with Crippen LogP contribution in [0, 0.1) is 0 Å². The first-order chi connectivity index (χ1) is 7.52. The quantitative estimate of drug-likeness (QED) is 0.929. The molecule has 1 rings (SSSR count). The van der Waals surface area contributed by atoms with Gasteiger partial charge >= 0.3 is 0 Å². The van der Waals surface area contributed by atoms with Crippen molar-refractivity contribution in [1.82, 2.24) is 0 Å². The fourth-order valence-corrected chi connectivity index (χ4v) is 2.00. The largest absolute Gasteiger partial charge is 0.495 e. The second-order valence-corrected chi connectivity index (χ2v) is 3.86. The number of hydrogen-bond acceptors (Lipinski definition) is 3. The predicted molar refractivity (Wildman–Crippen MR) is 60.2 cm³/mol. The summed E-state index contributed by atoms with van der Waals surface area (Å²) >= 11 is 3.22. The van der Waals surface area contributed by atoms with Gasteiger partial charge in [-0.05, 0) is 28.1 Å². The topological polar surface area (TPSA) is 44.5 Å². The number of hydrogen-bond donors (Lipinski definition) is 1. The third-order valence-corrected chi connectivity index (χ3v) is 2.90. The summed E-state index contributed by atoms with van der Waals surface area (Å²) in [6.07, 6.45) is -2.64. The Hall–Kier alpha value is -0.880. The van der Waals surface area contributed by atoms with E-state index in [0.29, 0.717) is 10.2 Å². The van der Waals surface area contributed by atoms with Crippen molar-refractivity contribution in [2.24, 2.45) is 5.73 Å². The molecule has 1 aromatic carbocycles. The zero-order valence-corrected chi connectivity index (χ0v) is 10.4. The van der Waals surface area contributed by atoms with Gasteiger partial charge in [0.15, 0.2) is 0 Å². The van der Waals surface area contributed by atoms with Gasteiger partial charge in [-0.3, -0.25) is 0 Å². The summed E-state index contributed by atoms with van der Waals surface area (Å²) in [6.45, 7) is 0. The molecule has 0 radical (unpaired) electrons. The maximum atomic E-state index is 12.5. The Bertz CT molecular complexity index is 374. The highest BCUT2D eigenvalue weighted by Crippen LogP contribution is 2.40. The summed E-state index contributed by atoms with van der Waals surface area (Å²) in [7, 11) is 2.87. The van der Waals surface area contributed by atoms with Crippen molar-refractivity contribution in [3.05, 3.63) is 22.2 Å². The van der Waals surface area contributed by atoms with E-state index in [1.54, 1.807) is 6.07 Å². The molecule has 0 spiro atoms. The molecule has 0 fully saturated rings. The van der Waals surface area contributed by atoms with Crippen molar-refractivity contribution < 1.29 is 18.3 Å². The molecule has 6 heteroatoms. The Morgan fingerprint density at radius 3 is 2.31 bits per heavy atom. The predicted octanol–water partition coefficient (Wildman–Crippen LogP) is 2.73. The molecule has 2 N–H and O–H groups in total. The smallest absolute Gasteiger partial charge is 0.257 e. The lowest BCUT2D eigenvalue weighted by Gasteiger charge is -2.17. The first kappa shape index (κ1) is 13.2. The van der Waals surface area contributed by atoms with Crippen LogP contribution in [0.3, 0.4) is 0 Å². The number of nitrogens with two attached hydrogens (primary N) is 1. The van der Waals surface area contributed by atoms with E-state index in [4.69, 9.17) is 15.2 Å². The van der Waals surface area contributed by atoms with Gasteiger partial charge in [0, 0.05) is 5.56 Å². The van der Waals surface area contributed by atoms with Crippen LogP contribution in [-0.2, 0) is 0 Å². The minimum atomic E-state index is -2.64. The number of alkyl halides is 2. The van der Waals surface area contributed by atoms with Crippen LogP contribution < -0.4 is 15.2 Å². The second-order valence-electron chi connectivity index (χ2n) is 3.06. The average molecular weight is 296 g/mol. The van der Waals surface area contributed by atoms with Crippen molar-refractivity contribution in [1.29, 1.82) is 0 Å².